The maximum atomic E-state index is 5.86. The molecule has 0 aromatic heterocycles. The molecule has 1 heterocycles. The van der Waals surface area contributed by atoms with Crippen molar-refractivity contribution in [2.75, 3.05) is 0 Å². The molecule has 3 aromatic carbocycles. The monoisotopic (exact) mass is 763 g/mol. The Morgan fingerprint density at radius 3 is 1.33 bits per heavy atom. The summed E-state index contributed by atoms with van der Waals surface area (Å²) in [5.74, 6) is 0. The van der Waals surface area contributed by atoms with Crippen molar-refractivity contribution in [2.24, 2.45) is 0 Å². The molecule has 3 aliphatic carbocycles. The first-order valence-electron chi connectivity index (χ1n) is 16.2. The molecule has 0 amide bonds. The number of benzene rings is 3. The number of hydrogen-bond acceptors (Lipinski definition) is 4. The molecular formula is C36H55BrLi3O4Si4-. The van der Waals surface area contributed by atoms with Gasteiger partial charge in [-0.1, -0.05) is 66.4 Å². The molecule has 250 valence electrons. The number of halogens is 1. The van der Waals surface area contributed by atoms with Crippen molar-refractivity contribution in [1.82, 2.24) is 0 Å². The van der Waals surface area contributed by atoms with Gasteiger partial charge in [-0.3, -0.25) is 8.80 Å². The van der Waals surface area contributed by atoms with Gasteiger partial charge in [0, 0.05) is 4.47 Å². The maximum Gasteiger partial charge on any atom is 1.00 e. The van der Waals surface area contributed by atoms with Crippen LogP contribution in [-0.4, -0.2) is 40.0 Å². The Morgan fingerprint density at radius 1 is 0.667 bits per heavy atom. The van der Waals surface area contributed by atoms with E-state index < -0.39 is 25.7 Å². The summed E-state index contributed by atoms with van der Waals surface area (Å²) in [5, 5.41) is 1.59. The van der Waals surface area contributed by atoms with Crippen LogP contribution in [0.2, 0.25) is 52.4 Å². The molecule has 0 atom stereocenters. The molecule has 4 nitrogen and oxygen atoms in total. The van der Waals surface area contributed by atoms with E-state index in [0.717, 1.165) is 6.42 Å². The molecule has 0 saturated carbocycles. The van der Waals surface area contributed by atoms with Crippen LogP contribution in [0.1, 0.15) is 53.1 Å². The van der Waals surface area contributed by atoms with Crippen LogP contribution >= 0.6 is 15.9 Å². The van der Waals surface area contributed by atoms with Crippen LogP contribution < -0.4 is 61.8 Å². The molecule has 0 bridgehead atoms. The second kappa shape index (κ2) is 23.3. The smallest absolute Gasteiger partial charge is 0.870 e. The van der Waals surface area contributed by atoms with Gasteiger partial charge < -0.3 is 24.7 Å². The molecule has 1 aliphatic heterocycles. The summed E-state index contributed by atoms with van der Waals surface area (Å²) >= 11 is 3.43. The number of unbranched alkanes of at least 4 members (excludes halogenated alkanes) is 1. The minimum atomic E-state index is -1.86. The molecule has 12 heteroatoms. The molecule has 3 aromatic rings. The van der Waals surface area contributed by atoms with Gasteiger partial charge in [0.15, 0.2) is 0 Å². The second-order valence-electron chi connectivity index (χ2n) is 13.5. The van der Waals surface area contributed by atoms with Gasteiger partial charge in [-0.05, 0) is 99.4 Å². The molecule has 48 heavy (non-hydrogen) atoms. The van der Waals surface area contributed by atoms with Crippen molar-refractivity contribution in [1.29, 1.82) is 0 Å². The Morgan fingerprint density at radius 2 is 1.06 bits per heavy atom. The summed E-state index contributed by atoms with van der Waals surface area (Å²) in [6.07, 6.45) is 10.0. The van der Waals surface area contributed by atoms with Gasteiger partial charge in [-0.2, -0.15) is 60.1 Å². The Hall–Kier alpha value is 0.640. The summed E-state index contributed by atoms with van der Waals surface area (Å²) in [4.78, 5) is 0. The van der Waals surface area contributed by atoms with Crippen LogP contribution in [0.15, 0.2) is 59.1 Å². The topological polar surface area (TPSA) is 57.7 Å². The summed E-state index contributed by atoms with van der Waals surface area (Å²) in [6, 6.07) is 22.8. The molecule has 4 aliphatic rings. The number of rotatable bonds is 2. The Kier molecular flexibility index (Phi) is 24.7. The van der Waals surface area contributed by atoms with E-state index in [1.165, 1.54) is 71.7 Å². The van der Waals surface area contributed by atoms with Crippen LogP contribution in [0.25, 0.3) is 0 Å². The van der Waals surface area contributed by atoms with Gasteiger partial charge in [0.05, 0.1) is 0 Å². The average molecular weight is 765 g/mol. The first-order chi connectivity index (χ1) is 20.6. The quantitative estimate of drug-likeness (QED) is 0.282. The van der Waals surface area contributed by atoms with Crippen LogP contribution in [0.4, 0.5) is 0 Å². The summed E-state index contributed by atoms with van der Waals surface area (Å²) in [7, 11) is -5.81. The first kappa shape index (κ1) is 50.7. The van der Waals surface area contributed by atoms with Crippen molar-refractivity contribution < 1.29 is 74.4 Å². The fourth-order valence-electron chi connectivity index (χ4n) is 5.57. The van der Waals surface area contributed by atoms with Gasteiger partial charge in [0.25, 0.3) is 0 Å². The predicted octanol–water partition coefficient (Wildman–Crippen LogP) is 0.491. The standard InChI is InChI=1S/C10H13Si.C8H7Br.C8H7.C6H18O3Si3.C4H9.3Li.H2O/c1-11(2)10-6-5-8-3-4-9(8)7-10;9-8-4-3-6-1-2-7(6)5-8;1-2-4-8-6-5-7(8)3-1;1-10(2)7-11(3,4)9-12(5,6)8-10;1-3-4-2;;;;/h5-7H,3-4H2,1-2H3;3-5H,1-2H2;1,3-4H,5-6H2;1-6H3;1,3-4H2,2H3;;;;1H2/q-1;;-1;;-1;3*+1;/p-1. The van der Waals surface area contributed by atoms with E-state index in [1.807, 2.05) is 6.07 Å². The van der Waals surface area contributed by atoms with Gasteiger partial charge in [0.2, 0.25) is 0 Å². The maximum absolute atomic E-state index is 5.86. The zero-order valence-electron chi connectivity index (χ0n) is 32.1. The molecule has 1 N–H and O–H groups in total. The van der Waals surface area contributed by atoms with E-state index >= 15 is 0 Å². The zero-order valence-corrected chi connectivity index (χ0v) is 37.7. The Bertz CT molecular complexity index is 1310. The second-order valence-corrected chi connectivity index (χ2v) is 27.8. The van der Waals surface area contributed by atoms with Crippen molar-refractivity contribution in [3.05, 3.63) is 105 Å². The number of aryl methyl sites for hydroxylation is 6. The van der Waals surface area contributed by atoms with Crippen molar-refractivity contribution >= 4 is 55.6 Å². The summed E-state index contributed by atoms with van der Waals surface area (Å²) in [6.45, 7) is 23.0. The van der Waals surface area contributed by atoms with E-state index in [-0.39, 0.29) is 70.9 Å². The fourth-order valence-corrected chi connectivity index (χ4v) is 22.7. The molecule has 1 fully saturated rings. The van der Waals surface area contributed by atoms with Gasteiger partial charge in [0.1, 0.15) is 0 Å². The van der Waals surface area contributed by atoms with Crippen molar-refractivity contribution in [3.63, 3.8) is 0 Å². The van der Waals surface area contributed by atoms with Crippen molar-refractivity contribution in [2.45, 2.75) is 111 Å². The van der Waals surface area contributed by atoms with E-state index in [0.29, 0.717) is 0 Å². The van der Waals surface area contributed by atoms with Crippen LogP contribution in [0.5, 0.6) is 0 Å². The minimum absolute atomic E-state index is 0. The summed E-state index contributed by atoms with van der Waals surface area (Å²) in [5.41, 5.74) is 9.24. The fraction of sp³-hybridized carbons (Fsp3) is 0.472. The molecule has 0 radical (unpaired) electrons. The molecule has 0 spiro atoms. The predicted molar refractivity (Wildman–Crippen MR) is 203 cm³/mol. The van der Waals surface area contributed by atoms with E-state index in [1.54, 1.807) is 16.3 Å². The molecule has 0 unspecified atom stereocenters. The van der Waals surface area contributed by atoms with E-state index in [9.17, 15) is 0 Å². The number of hydrogen-bond donors (Lipinski definition) is 0. The zero-order chi connectivity index (χ0) is 32.5. The minimum Gasteiger partial charge on any atom is -0.870 e. The van der Waals surface area contributed by atoms with Gasteiger partial charge in [-0.25, -0.2) is 0 Å². The van der Waals surface area contributed by atoms with Gasteiger partial charge in [-0.15, -0.1) is 0 Å². The summed E-state index contributed by atoms with van der Waals surface area (Å²) < 4.78 is 18.8. The van der Waals surface area contributed by atoms with Crippen LogP contribution in [0, 0.1) is 13.0 Å². The first-order valence-corrected chi connectivity index (χ1v) is 27.9. The van der Waals surface area contributed by atoms with Gasteiger partial charge >= 0.3 is 82.3 Å². The SMILES string of the molecule is Brc1ccc2c(c1)CC2.C[Si-](C)c1ccc2c(c1)CC2.C[Si]1(C)O[Si](C)(C)O[Si](C)(C)O1.[CH2-]CCC.[Li+].[Li+].[Li+].[OH-].[c-]1ccc2c(c1)CC2. The normalized spacial score (nSPS) is 16.7. The number of fused-ring (bicyclic) bond motifs is 3. The Labute approximate surface area is 343 Å². The van der Waals surface area contributed by atoms with E-state index in [2.05, 4.69) is 137 Å². The van der Waals surface area contributed by atoms with Crippen molar-refractivity contribution in [3.8, 4) is 0 Å². The Balaban J connectivity index is 0. The largest absolute Gasteiger partial charge is 1.00 e. The average Bonchev–Trinajstić information content (AvgIpc) is 2.86. The molecule has 7 rings (SSSR count). The molecular weight excluding hydrogens is 709 g/mol. The van der Waals surface area contributed by atoms with Crippen LogP contribution in [-0.2, 0) is 50.9 Å². The molecule has 1 saturated heterocycles. The van der Waals surface area contributed by atoms with E-state index in [4.69, 9.17) is 12.3 Å². The third kappa shape index (κ3) is 17.0. The van der Waals surface area contributed by atoms with Crippen LogP contribution in [0.3, 0.4) is 0 Å². The third-order valence-electron chi connectivity index (χ3n) is 7.82. The third-order valence-corrected chi connectivity index (χ3v) is 21.6.